The number of hydrogen-bond donors (Lipinski definition) is 0. The van der Waals surface area contributed by atoms with Crippen molar-refractivity contribution in [2.75, 3.05) is 7.11 Å². The molecule has 0 aliphatic rings. The van der Waals surface area contributed by atoms with Crippen LogP contribution in [0.1, 0.15) is 0 Å². The average Bonchev–Trinajstić information content (AvgIpc) is 2.46. The third-order valence-electron chi connectivity index (χ3n) is 2.77. The topological polar surface area (TPSA) is 47.9 Å². The maximum atomic E-state index is 5.87. The number of rotatable bonds is 2. The van der Waals surface area contributed by atoms with Crippen LogP contribution in [0.2, 0.25) is 5.28 Å². The number of nitrogens with zero attached hydrogens (tertiary/aromatic N) is 3. The van der Waals surface area contributed by atoms with Gasteiger partial charge in [0.05, 0.1) is 18.3 Å². The maximum absolute atomic E-state index is 5.87. The Kier molecular flexibility index (Phi) is 3.01. The van der Waals surface area contributed by atoms with Crippen LogP contribution in [0.5, 0.6) is 5.88 Å². The summed E-state index contributed by atoms with van der Waals surface area (Å²) in [6.45, 7) is 0. The summed E-state index contributed by atoms with van der Waals surface area (Å²) in [6.07, 6.45) is 1.76. The second-order valence-electron chi connectivity index (χ2n) is 3.98. The van der Waals surface area contributed by atoms with Gasteiger partial charge in [0, 0.05) is 23.2 Å². The van der Waals surface area contributed by atoms with Crippen LogP contribution in [-0.4, -0.2) is 22.1 Å². The van der Waals surface area contributed by atoms with Crippen molar-refractivity contribution in [3.8, 4) is 17.1 Å². The molecule has 3 aromatic rings. The minimum Gasteiger partial charge on any atom is -0.481 e. The van der Waals surface area contributed by atoms with Crippen LogP contribution < -0.4 is 4.74 Å². The number of halogens is 1. The van der Waals surface area contributed by atoms with Gasteiger partial charge in [-0.2, -0.15) is 4.98 Å². The van der Waals surface area contributed by atoms with E-state index in [1.165, 1.54) is 0 Å². The largest absolute Gasteiger partial charge is 0.481 e. The predicted octanol–water partition coefficient (Wildman–Crippen LogP) is 3.35. The summed E-state index contributed by atoms with van der Waals surface area (Å²) in [5.74, 6) is 0.433. The lowest BCUT2D eigenvalue weighted by molar-refractivity contribution is 0.397. The second kappa shape index (κ2) is 4.82. The van der Waals surface area contributed by atoms with Gasteiger partial charge in [-0.05, 0) is 23.7 Å². The van der Waals surface area contributed by atoms with Gasteiger partial charge in [0.15, 0.2) is 0 Å². The highest BCUT2D eigenvalue weighted by Gasteiger charge is 2.07. The maximum Gasteiger partial charge on any atom is 0.226 e. The third kappa shape index (κ3) is 2.35. The molecule has 3 rings (SSSR count). The molecule has 0 atom stereocenters. The second-order valence-corrected chi connectivity index (χ2v) is 4.32. The van der Waals surface area contributed by atoms with Crippen molar-refractivity contribution >= 4 is 22.5 Å². The van der Waals surface area contributed by atoms with Gasteiger partial charge in [-0.15, -0.1) is 0 Å². The first-order valence-electron chi connectivity index (χ1n) is 5.70. The van der Waals surface area contributed by atoms with E-state index in [4.69, 9.17) is 16.3 Å². The number of hydrogen-bond acceptors (Lipinski definition) is 4. The number of benzene rings is 1. The number of pyridine rings is 1. The van der Waals surface area contributed by atoms with E-state index in [2.05, 4.69) is 15.0 Å². The Morgan fingerprint density at radius 2 is 1.95 bits per heavy atom. The molecule has 0 fully saturated rings. The molecule has 0 spiro atoms. The highest BCUT2D eigenvalue weighted by atomic mass is 35.5. The van der Waals surface area contributed by atoms with Crippen LogP contribution >= 0.6 is 11.6 Å². The number of methoxy groups -OCH3 is 1. The lowest BCUT2D eigenvalue weighted by Gasteiger charge is -2.05. The molecule has 0 saturated carbocycles. The SMILES string of the molecule is COc1cc(-c2cnc3ccccc3c2)nc(Cl)n1. The van der Waals surface area contributed by atoms with Crippen molar-refractivity contribution in [2.24, 2.45) is 0 Å². The molecule has 0 unspecified atom stereocenters. The molecule has 5 heteroatoms. The van der Waals surface area contributed by atoms with Gasteiger partial charge in [0.2, 0.25) is 11.2 Å². The first-order chi connectivity index (χ1) is 9.26. The molecule has 1 aromatic carbocycles. The Balaban J connectivity index is 2.15. The van der Waals surface area contributed by atoms with Crippen molar-refractivity contribution in [1.82, 2.24) is 15.0 Å². The number of para-hydroxylation sites is 1. The summed E-state index contributed by atoms with van der Waals surface area (Å²) >= 11 is 5.87. The third-order valence-corrected chi connectivity index (χ3v) is 2.94. The van der Waals surface area contributed by atoms with Crippen molar-refractivity contribution in [2.45, 2.75) is 0 Å². The number of aromatic nitrogens is 3. The van der Waals surface area contributed by atoms with E-state index in [-0.39, 0.29) is 5.28 Å². The van der Waals surface area contributed by atoms with E-state index in [1.807, 2.05) is 30.3 Å². The summed E-state index contributed by atoms with van der Waals surface area (Å²) < 4.78 is 5.09. The lowest BCUT2D eigenvalue weighted by Crippen LogP contribution is -1.93. The van der Waals surface area contributed by atoms with Crippen molar-refractivity contribution in [1.29, 1.82) is 0 Å². The van der Waals surface area contributed by atoms with Gasteiger partial charge >= 0.3 is 0 Å². The van der Waals surface area contributed by atoms with Gasteiger partial charge in [-0.1, -0.05) is 18.2 Å². The van der Waals surface area contributed by atoms with Gasteiger partial charge < -0.3 is 4.74 Å². The summed E-state index contributed by atoms with van der Waals surface area (Å²) in [6, 6.07) is 11.7. The molecule has 2 heterocycles. The summed E-state index contributed by atoms with van der Waals surface area (Å²) in [7, 11) is 1.54. The van der Waals surface area contributed by atoms with E-state index in [0.29, 0.717) is 11.6 Å². The quantitative estimate of drug-likeness (QED) is 0.671. The first kappa shape index (κ1) is 11.9. The summed E-state index contributed by atoms with van der Waals surface area (Å²) in [4.78, 5) is 12.5. The Hall–Kier alpha value is -2.20. The monoisotopic (exact) mass is 271 g/mol. The molecule has 0 aliphatic carbocycles. The van der Waals surface area contributed by atoms with E-state index >= 15 is 0 Å². The molecule has 19 heavy (non-hydrogen) atoms. The van der Waals surface area contributed by atoms with Gasteiger partial charge in [-0.25, -0.2) is 4.98 Å². The molecule has 0 N–H and O–H groups in total. The zero-order valence-corrected chi connectivity index (χ0v) is 10.9. The molecular weight excluding hydrogens is 262 g/mol. The van der Waals surface area contributed by atoms with Crippen LogP contribution in [0.25, 0.3) is 22.2 Å². The normalized spacial score (nSPS) is 10.6. The van der Waals surface area contributed by atoms with Crippen molar-refractivity contribution in [3.05, 3.63) is 47.9 Å². The molecule has 0 amide bonds. The van der Waals surface area contributed by atoms with E-state index in [9.17, 15) is 0 Å². The fourth-order valence-electron chi connectivity index (χ4n) is 1.86. The Labute approximate surface area is 115 Å². The number of ether oxygens (including phenoxy) is 1. The highest BCUT2D eigenvalue weighted by molar-refractivity contribution is 6.28. The molecule has 94 valence electrons. The van der Waals surface area contributed by atoms with Crippen LogP contribution in [-0.2, 0) is 0 Å². The van der Waals surface area contributed by atoms with E-state index in [0.717, 1.165) is 16.5 Å². The molecule has 0 radical (unpaired) electrons. The zero-order valence-electron chi connectivity index (χ0n) is 10.2. The van der Waals surface area contributed by atoms with Crippen LogP contribution in [0.3, 0.4) is 0 Å². The molecule has 4 nitrogen and oxygen atoms in total. The van der Waals surface area contributed by atoms with E-state index in [1.54, 1.807) is 19.4 Å². The Morgan fingerprint density at radius 3 is 2.79 bits per heavy atom. The van der Waals surface area contributed by atoms with Gasteiger partial charge in [-0.3, -0.25) is 4.98 Å². The van der Waals surface area contributed by atoms with Gasteiger partial charge in [0.1, 0.15) is 0 Å². The first-order valence-corrected chi connectivity index (χ1v) is 6.08. The van der Waals surface area contributed by atoms with Crippen molar-refractivity contribution in [3.63, 3.8) is 0 Å². The fourth-order valence-corrected chi connectivity index (χ4v) is 2.03. The van der Waals surface area contributed by atoms with Crippen LogP contribution in [0.4, 0.5) is 0 Å². The average molecular weight is 272 g/mol. The minimum atomic E-state index is 0.155. The smallest absolute Gasteiger partial charge is 0.226 e. The zero-order chi connectivity index (χ0) is 13.2. The van der Waals surface area contributed by atoms with Gasteiger partial charge in [0.25, 0.3) is 0 Å². The Bertz CT molecular complexity index is 746. The number of fused-ring (bicyclic) bond motifs is 1. The van der Waals surface area contributed by atoms with Crippen molar-refractivity contribution < 1.29 is 4.74 Å². The molecule has 0 aliphatic heterocycles. The Morgan fingerprint density at radius 1 is 1.11 bits per heavy atom. The predicted molar refractivity (Wildman–Crippen MR) is 74.3 cm³/mol. The van der Waals surface area contributed by atoms with E-state index < -0.39 is 0 Å². The standard InChI is InChI=1S/C14H10ClN3O/c1-19-13-7-12(17-14(15)18-13)10-6-9-4-2-3-5-11(9)16-8-10/h2-8H,1H3. The fraction of sp³-hybridized carbons (Fsp3) is 0.0714. The lowest BCUT2D eigenvalue weighted by atomic mass is 10.1. The molecule has 0 bridgehead atoms. The summed E-state index contributed by atoms with van der Waals surface area (Å²) in [5, 5.41) is 1.20. The molecular formula is C14H10ClN3O. The summed E-state index contributed by atoms with van der Waals surface area (Å²) in [5.41, 5.74) is 2.51. The minimum absolute atomic E-state index is 0.155. The molecule has 2 aromatic heterocycles. The van der Waals surface area contributed by atoms with Crippen LogP contribution in [0, 0.1) is 0 Å². The highest BCUT2D eigenvalue weighted by Crippen LogP contribution is 2.24. The van der Waals surface area contributed by atoms with Crippen LogP contribution in [0.15, 0.2) is 42.6 Å². The molecule has 0 saturated heterocycles.